The van der Waals surface area contributed by atoms with Crippen LogP contribution in [0.3, 0.4) is 0 Å². The number of imidazole rings is 1. The van der Waals surface area contributed by atoms with Gasteiger partial charge in [-0.05, 0) is 12.1 Å². The number of nitrogens with zero attached hydrogens (tertiary/aromatic N) is 3. The van der Waals surface area contributed by atoms with Gasteiger partial charge in [0.1, 0.15) is 0 Å². The van der Waals surface area contributed by atoms with Crippen molar-refractivity contribution in [3.63, 3.8) is 0 Å². The highest BCUT2D eigenvalue weighted by Crippen LogP contribution is 2.22. The summed E-state index contributed by atoms with van der Waals surface area (Å²) in [5.74, 6) is 0.0375. The van der Waals surface area contributed by atoms with Gasteiger partial charge in [0.15, 0.2) is 11.1 Å². The van der Waals surface area contributed by atoms with E-state index in [1.54, 1.807) is 24.8 Å². The molecular weight excluding hydrogens is 286 g/mol. The summed E-state index contributed by atoms with van der Waals surface area (Å²) >= 11 is -1.88. The smallest absolute Gasteiger partial charge is 0.158 e. The zero-order valence-electron chi connectivity index (χ0n) is 11.1. The van der Waals surface area contributed by atoms with Crippen molar-refractivity contribution in [1.82, 2.24) is 14.5 Å². The van der Waals surface area contributed by atoms with E-state index in [9.17, 15) is 4.21 Å². The first-order valence-electron chi connectivity index (χ1n) is 6.34. The van der Waals surface area contributed by atoms with Gasteiger partial charge in [0, 0.05) is 5.56 Å². The van der Waals surface area contributed by atoms with E-state index in [-0.39, 0.29) is 5.75 Å². The van der Waals surface area contributed by atoms with E-state index in [0.29, 0.717) is 5.69 Å². The molecule has 0 spiro atoms. The molecule has 0 aliphatic heterocycles. The number of hydrogen-bond acceptors (Lipinski definition) is 3. The fourth-order valence-corrected chi connectivity index (χ4v) is 2.52. The molecule has 0 aliphatic rings. The van der Waals surface area contributed by atoms with Gasteiger partial charge < -0.3 is 4.55 Å². The fraction of sp³-hybridized carbons (Fsp3) is 0.0667. The molecule has 0 amide bonds. The first-order chi connectivity index (χ1) is 10.2. The highest BCUT2D eigenvalue weighted by molar-refractivity contribution is 7.78. The summed E-state index contributed by atoms with van der Waals surface area (Å²) in [6.45, 7) is 0. The maximum Gasteiger partial charge on any atom is 0.158 e. The highest BCUT2D eigenvalue weighted by Gasteiger charge is 2.07. The van der Waals surface area contributed by atoms with Crippen molar-refractivity contribution in [2.75, 3.05) is 0 Å². The Hall–Kier alpha value is -2.31. The Morgan fingerprint density at radius 2 is 1.90 bits per heavy atom. The van der Waals surface area contributed by atoms with Gasteiger partial charge in [-0.15, -0.1) is 0 Å². The van der Waals surface area contributed by atoms with Crippen molar-refractivity contribution in [2.45, 2.75) is 5.75 Å². The summed E-state index contributed by atoms with van der Waals surface area (Å²) in [4.78, 5) is 8.40. The lowest BCUT2D eigenvalue weighted by atomic mass is 10.1. The Labute approximate surface area is 124 Å². The molecule has 1 unspecified atom stereocenters. The van der Waals surface area contributed by atoms with E-state index in [1.165, 1.54) is 0 Å². The second-order valence-electron chi connectivity index (χ2n) is 4.49. The van der Waals surface area contributed by atoms with E-state index >= 15 is 0 Å². The molecule has 6 heteroatoms. The van der Waals surface area contributed by atoms with Crippen LogP contribution in [0.15, 0.2) is 61.2 Å². The van der Waals surface area contributed by atoms with Gasteiger partial charge in [0.25, 0.3) is 0 Å². The van der Waals surface area contributed by atoms with Crippen LogP contribution in [-0.2, 0) is 16.8 Å². The molecule has 3 aromatic rings. The predicted octanol–water partition coefficient (Wildman–Crippen LogP) is 2.66. The lowest BCUT2D eigenvalue weighted by Gasteiger charge is -2.08. The molecule has 1 atom stereocenters. The SMILES string of the molecule is O=S(O)Cc1ccc(-n2cncc2-c2ccccc2)cn1. The first kappa shape index (κ1) is 13.7. The monoisotopic (exact) mass is 299 g/mol. The Kier molecular flexibility index (Phi) is 3.89. The maximum atomic E-state index is 10.8. The second kappa shape index (κ2) is 5.99. The van der Waals surface area contributed by atoms with E-state index < -0.39 is 11.1 Å². The van der Waals surface area contributed by atoms with Gasteiger partial charge in [-0.1, -0.05) is 30.3 Å². The Balaban J connectivity index is 1.95. The van der Waals surface area contributed by atoms with E-state index in [4.69, 9.17) is 4.55 Å². The second-order valence-corrected chi connectivity index (χ2v) is 5.42. The summed E-state index contributed by atoms with van der Waals surface area (Å²) in [7, 11) is 0. The summed E-state index contributed by atoms with van der Waals surface area (Å²) in [6, 6.07) is 13.6. The zero-order valence-corrected chi connectivity index (χ0v) is 11.9. The summed E-state index contributed by atoms with van der Waals surface area (Å²) in [5.41, 5.74) is 3.48. The van der Waals surface area contributed by atoms with Gasteiger partial charge in [-0.2, -0.15) is 0 Å². The molecule has 0 radical (unpaired) electrons. The summed E-state index contributed by atoms with van der Waals surface area (Å²) in [5, 5.41) is 0. The van der Waals surface area contributed by atoms with Crippen molar-refractivity contribution >= 4 is 11.1 Å². The lowest BCUT2D eigenvalue weighted by molar-refractivity contribution is 0.563. The molecule has 0 fully saturated rings. The number of rotatable bonds is 4. The van der Waals surface area contributed by atoms with E-state index in [1.807, 2.05) is 41.0 Å². The normalized spacial score (nSPS) is 12.2. The number of pyridine rings is 1. The van der Waals surface area contributed by atoms with E-state index in [0.717, 1.165) is 16.9 Å². The Morgan fingerprint density at radius 3 is 2.57 bits per heavy atom. The minimum Gasteiger partial charge on any atom is -0.306 e. The molecule has 3 rings (SSSR count). The summed E-state index contributed by atoms with van der Waals surface area (Å²) in [6.07, 6.45) is 5.20. The van der Waals surface area contributed by atoms with Crippen LogP contribution in [0.2, 0.25) is 0 Å². The van der Waals surface area contributed by atoms with Crippen molar-refractivity contribution in [2.24, 2.45) is 0 Å². The highest BCUT2D eigenvalue weighted by atomic mass is 32.2. The van der Waals surface area contributed by atoms with Crippen LogP contribution < -0.4 is 0 Å². The van der Waals surface area contributed by atoms with Crippen LogP contribution in [0.4, 0.5) is 0 Å². The minimum absolute atomic E-state index is 0.0375. The van der Waals surface area contributed by atoms with Crippen LogP contribution in [0.1, 0.15) is 5.69 Å². The minimum atomic E-state index is -1.88. The fourth-order valence-electron chi connectivity index (χ4n) is 2.09. The van der Waals surface area contributed by atoms with Crippen LogP contribution in [0.5, 0.6) is 0 Å². The average Bonchev–Trinajstić information content (AvgIpc) is 2.98. The third kappa shape index (κ3) is 3.07. The molecule has 1 N–H and O–H groups in total. The maximum absolute atomic E-state index is 10.8. The average molecular weight is 299 g/mol. The van der Waals surface area contributed by atoms with Gasteiger partial charge in [-0.25, -0.2) is 9.19 Å². The number of aromatic nitrogens is 3. The van der Waals surface area contributed by atoms with Crippen LogP contribution in [0.25, 0.3) is 16.9 Å². The molecular formula is C15H13N3O2S. The molecule has 0 saturated carbocycles. The van der Waals surface area contributed by atoms with Crippen molar-refractivity contribution < 1.29 is 8.76 Å². The standard InChI is InChI=1S/C15H13N3O2S/c19-21(20)10-13-6-7-14(8-17-13)18-11-16-9-15(18)12-4-2-1-3-5-12/h1-9,11H,10H2,(H,19,20). The molecule has 0 saturated heterocycles. The quantitative estimate of drug-likeness (QED) is 0.752. The topological polar surface area (TPSA) is 68.0 Å². The van der Waals surface area contributed by atoms with Gasteiger partial charge in [0.2, 0.25) is 0 Å². The van der Waals surface area contributed by atoms with Gasteiger partial charge in [-0.3, -0.25) is 9.55 Å². The van der Waals surface area contributed by atoms with Crippen molar-refractivity contribution in [3.8, 4) is 16.9 Å². The molecule has 106 valence electrons. The van der Waals surface area contributed by atoms with Crippen LogP contribution >= 0.6 is 0 Å². The van der Waals surface area contributed by atoms with Crippen LogP contribution in [0, 0.1) is 0 Å². The molecule has 2 aromatic heterocycles. The lowest BCUT2D eigenvalue weighted by Crippen LogP contribution is -1.99. The Bertz CT molecular complexity index is 754. The molecule has 0 aliphatic carbocycles. The van der Waals surface area contributed by atoms with Crippen molar-refractivity contribution in [1.29, 1.82) is 0 Å². The molecule has 0 bridgehead atoms. The van der Waals surface area contributed by atoms with Gasteiger partial charge in [0.05, 0.1) is 41.5 Å². The first-order valence-corrected chi connectivity index (χ1v) is 7.62. The predicted molar refractivity (Wildman–Crippen MR) is 81.3 cm³/mol. The third-order valence-electron chi connectivity index (χ3n) is 3.07. The largest absolute Gasteiger partial charge is 0.306 e. The molecule has 5 nitrogen and oxygen atoms in total. The number of hydrogen-bond donors (Lipinski definition) is 1. The zero-order chi connectivity index (χ0) is 14.7. The van der Waals surface area contributed by atoms with Crippen LogP contribution in [-0.4, -0.2) is 23.3 Å². The number of benzene rings is 1. The third-order valence-corrected chi connectivity index (χ3v) is 3.61. The molecule has 21 heavy (non-hydrogen) atoms. The molecule has 2 heterocycles. The summed E-state index contributed by atoms with van der Waals surface area (Å²) < 4.78 is 21.6. The van der Waals surface area contributed by atoms with Gasteiger partial charge >= 0.3 is 0 Å². The van der Waals surface area contributed by atoms with E-state index in [2.05, 4.69) is 9.97 Å². The van der Waals surface area contributed by atoms with Crippen molar-refractivity contribution in [3.05, 3.63) is 66.9 Å². The molecule has 1 aromatic carbocycles. The Morgan fingerprint density at radius 1 is 1.10 bits per heavy atom.